The molecule has 1 N–H and O–H groups in total. The Morgan fingerprint density at radius 1 is 0.480 bits per heavy atom. The number of unbranched alkanes of at least 4 members (excludes halogenated alkanes) is 31. The molecule has 436 valence electrons. The van der Waals surface area contributed by atoms with E-state index < -0.39 is 26.6 Å². The Labute approximate surface area is 463 Å². The number of nitrogens with zero attached hydrogens (tertiary/aromatic N) is 1. The van der Waals surface area contributed by atoms with Gasteiger partial charge in [0.2, 0.25) is 5.91 Å². The van der Waals surface area contributed by atoms with Crippen molar-refractivity contribution in [3.8, 4) is 0 Å². The maximum absolute atomic E-state index is 13.5. The third-order valence-corrected chi connectivity index (χ3v) is 14.6. The average molecular weight is 1070 g/mol. The van der Waals surface area contributed by atoms with Gasteiger partial charge in [0.15, 0.2) is 0 Å². The van der Waals surface area contributed by atoms with Crippen LogP contribution in [0.2, 0.25) is 0 Å². The van der Waals surface area contributed by atoms with Crippen molar-refractivity contribution in [2.24, 2.45) is 0 Å². The number of quaternary nitrogens is 1. The summed E-state index contributed by atoms with van der Waals surface area (Å²) in [5.74, 6) is -0.558. The molecule has 3 unspecified atom stereocenters. The SMILES string of the molecule is CCCCC/C=C\C/C=C\C/C=C\CCCCCCCCCCCCC(=O)NC(COP(=O)([O-])OCC[N+](C)(C)C)C(/C=C\CCCCCCCCCCC)OC(=O)CCCCCCCC/C=C/C=C/CCCCC. The van der Waals surface area contributed by atoms with E-state index in [9.17, 15) is 19.0 Å². The van der Waals surface area contributed by atoms with Gasteiger partial charge in [-0.2, -0.15) is 0 Å². The van der Waals surface area contributed by atoms with Crippen LogP contribution < -0.4 is 10.2 Å². The molecular formula is C65H119N2O7P. The van der Waals surface area contributed by atoms with Crippen molar-refractivity contribution in [3.63, 3.8) is 0 Å². The number of carbonyl (C=O) groups is 2. The summed E-state index contributed by atoms with van der Waals surface area (Å²) < 4.78 is 30.3. The van der Waals surface area contributed by atoms with E-state index in [0.29, 0.717) is 23.9 Å². The first-order valence-electron chi connectivity index (χ1n) is 31.3. The number of hydrogen-bond donors (Lipinski definition) is 1. The predicted molar refractivity (Wildman–Crippen MR) is 321 cm³/mol. The van der Waals surface area contributed by atoms with E-state index in [1.54, 1.807) is 0 Å². The van der Waals surface area contributed by atoms with Gasteiger partial charge in [0.05, 0.1) is 33.8 Å². The smallest absolute Gasteiger partial charge is 0.306 e. The molecule has 75 heavy (non-hydrogen) atoms. The zero-order valence-electron chi connectivity index (χ0n) is 49.7. The standard InChI is InChI=1S/C65H119N2O7P/c1-7-10-13-16-19-22-25-27-29-30-31-32-33-34-35-36-38-39-42-45-48-51-54-57-64(68)66-62(61-73-75(70,71)72-60-59-67(4,5)6)63(56-53-50-47-44-41-24-21-18-15-12-9-3)74-65(69)58-55-52-49-46-43-40-37-28-26-23-20-17-14-11-8-2/h19-20,22-23,26-29,31-32,53,56,62-63H,7-18,21,24-25,30,33-52,54-55,57-61H2,1-6H3,(H-,66,68,70,71)/b22-19-,23-20+,28-26+,29-27-,32-31-,56-53-. The quantitative estimate of drug-likeness (QED) is 0.0161. The van der Waals surface area contributed by atoms with E-state index >= 15 is 0 Å². The normalized spacial score (nSPS) is 14.2. The predicted octanol–water partition coefficient (Wildman–Crippen LogP) is 18.6. The van der Waals surface area contributed by atoms with Crippen LogP contribution in [-0.2, 0) is 27.9 Å². The molecule has 0 aliphatic rings. The molecule has 0 bridgehead atoms. The van der Waals surface area contributed by atoms with E-state index in [1.165, 1.54) is 135 Å². The summed E-state index contributed by atoms with van der Waals surface area (Å²) in [5.41, 5.74) is 0. The van der Waals surface area contributed by atoms with Gasteiger partial charge in [-0.3, -0.25) is 14.2 Å². The molecule has 0 aromatic rings. The summed E-state index contributed by atoms with van der Waals surface area (Å²) in [6.45, 7) is 6.78. The molecule has 0 aromatic heterocycles. The van der Waals surface area contributed by atoms with Crippen molar-refractivity contribution in [1.82, 2.24) is 5.32 Å². The van der Waals surface area contributed by atoms with Gasteiger partial charge in [-0.25, -0.2) is 0 Å². The van der Waals surface area contributed by atoms with Gasteiger partial charge in [-0.15, -0.1) is 0 Å². The zero-order chi connectivity index (χ0) is 55.0. The lowest BCUT2D eigenvalue weighted by Gasteiger charge is -2.30. The number of phosphoric acid groups is 1. The molecule has 0 radical (unpaired) electrons. The van der Waals surface area contributed by atoms with Crippen molar-refractivity contribution in [3.05, 3.63) is 72.9 Å². The fraction of sp³-hybridized carbons (Fsp3) is 0.785. The third-order valence-electron chi connectivity index (χ3n) is 13.6. The highest BCUT2D eigenvalue weighted by atomic mass is 31.2. The lowest BCUT2D eigenvalue weighted by molar-refractivity contribution is -0.870. The van der Waals surface area contributed by atoms with Gasteiger partial charge >= 0.3 is 5.97 Å². The highest BCUT2D eigenvalue weighted by Gasteiger charge is 2.27. The van der Waals surface area contributed by atoms with Crippen LogP contribution in [0, 0.1) is 0 Å². The Morgan fingerprint density at radius 2 is 0.853 bits per heavy atom. The minimum absolute atomic E-state index is 0.0272. The van der Waals surface area contributed by atoms with E-state index in [4.69, 9.17) is 13.8 Å². The second kappa shape index (κ2) is 54.8. The molecule has 0 aliphatic heterocycles. The highest BCUT2D eigenvalue weighted by Crippen LogP contribution is 2.38. The summed E-state index contributed by atoms with van der Waals surface area (Å²) in [4.78, 5) is 39.9. The number of esters is 1. The molecular weight excluding hydrogens is 952 g/mol. The number of likely N-dealkylation sites (N-methyl/N-ethyl adjacent to an activating group) is 1. The Kier molecular flexibility index (Phi) is 52.9. The Bertz CT molecular complexity index is 1510. The van der Waals surface area contributed by atoms with Crippen molar-refractivity contribution < 1.29 is 37.3 Å². The molecule has 1 amide bonds. The van der Waals surface area contributed by atoms with Crippen LogP contribution in [0.3, 0.4) is 0 Å². The topological polar surface area (TPSA) is 114 Å². The van der Waals surface area contributed by atoms with Gasteiger partial charge in [0, 0.05) is 12.8 Å². The molecule has 0 saturated heterocycles. The van der Waals surface area contributed by atoms with Crippen LogP contribution in [0.15, 0.2) is 72.9 Å². The molecule has 0 aliphatic carbocycles. The van der Waals surface area contributed by atoms with Gasteiger partial charge in [0.25, 0.3) is 7.82 Å². The largest absolute Gasteiger partial charge is 0.756 e. The molecule has 10 heteroatoms. The number of amides is 1. The average Bonchev–Trinajstić information content (AvgIpc) is 3.37. The second-order valence-corrected chi connectivity index (χ2v) is 23.6. The van der Waals surface area contributed by atoms with Crippen molar-refractivity contribution in [1.29, 1.82) is 0 Å². The third kappa shape index (κ3) is 56.0. The lowest BCUT2D eigenvalue weighted by Crippen LogP contribution is -2.47. The van der Waals surface area contributed by atoms with Crippen LogP contribution in [0.25, 0.3) is 0 Å². The number of rotatable bonds is 56. The summed E-state index contributed by atoms with van der Waals surface area (Å²) in [7, 11) is 1.17. The van der Waals surface area contributed by atoms with Crippen LogP contribution in [-0.4, -0.2) is 69.4 Å². The minimum atomic E-state index is -4.70. The molecule has 0 fully saturated rings. The van der Waals surface area contributed by atoms with Gasteiger partial charge in [0.1, 0.15) is 19.3 Å². The van der Waals surface area contributed by atoms with Crippen molar-refractivity contribution in [2.45, 2.75) is 290 Å². The van der Waals surface area contributed by atoms with Crippen LogP contribution in [0.5, 0.6) is 0 Å². The fourth-order valence-corrected chi connectivity index (χ4v) is 9.48. The Morgan fingerprint density at radius 3 is 1.32 bits per heavy atom. The number of ether oxygens (including phenoxy) is 1. The summed E-state index contributed by atoms with van der Waals surface area (Å²) in [6.07, 6.45) is 70.1. The van der Waals surface area contributed by atoms with Gasteiger partial charge in [-0.05, 0) is 96.0 Å². The van der Waals surface area contributed by atoms with Crippen LogP contribution in [0.1, 0.15) is 278 Å². The maximum Gasteiger partial charge on any atom is 0.306 e. The molecule has 0 aromatic carbocycles. The summed E-state index contributed by atoms with van der Waals surface area (Å²) in [6, 6.07) is -0.897. The number of allylic oxidation sites excluding steroid dienone is 11. The van der Waals surface area contributed by atoms with Crippen LogP contribution >= 0.6 is 7.82 Å². The summed E-state index contributed by atoms with van der Waals surface area (Å²) >= 11 is 0. The number of hydrogen-bond acceptors (Lipinski definition) is 7. The molecule has 3 atom stereocenters. The van der Waals surface area contributed by atoms with E-state index in [-0.39, 0.29) is 24.9 Å². The zero-order valence-corrected chi connectivity index (χ0v) is 50.6. The molecule has 0 rings (SSSR count). The Balaban J connectivity index is 5.18. The van der Waals surface area contributed by atoms with E-state index in [0.717, 1.165) is 103 Å². The second-order valence-electron chi connectivity index (χ2n) is 22.2. The molecule has 0 heterocycles. The number of nitrogens with one attached hydrogen (secondary N) is 1. The Hall–Kier alpha value is -2.55. The first-order chi connectivity index (χ1) is 36.4. The monoisotopic (exact) mass is 1070 g/mol. The fourth-order valence-electron chi connectivity index (χ4n) is 8.75. The van der Waals surface area contributed by atoms with E-state index in [2.05, 4.69) is 86.8 Å². The number of phosphoric ester groups is 1. The molecule has 9 nitrogen and oxygen atoms in total. The highest BCUT2D eigenvalue weighted by molar-refractivity contribution is 7.45. The van der Waals surface area contributed by atoms with Crippen molar-refractivity contribution in [2.75, 3.05) is 40.9 Å². The first kappa shape index (κ1) is 72.5. The first-order valence-corrected chi connectivity index (χ1v) is 32.7. The van der Waals surface area contributed by atoms with Gasteiger partial charge < -0.3 is 28.5 Å². The molecule has 0 saturated carbocycles. The van der Waals surface area contributed by atoms with Gasteiger partial charge in [-0.1, -0.05) is 242 Å². The number of carbonyl (C=O) groups excluding carboxylic acids is 2. The lowest BCUT2D eigenvalue weighted by atomic mass is 10.0. The van der Waals surface area contributed by atoms with Crippen LogP contribution in [0.4, 0.5) is 0 Å². The molecule has 0 spiro atoms. The minimum Gasteiger partial charge on any atom is -0.756 e. The maximum atomic E-state index is 13.5. The van der Waals surface area contributed by atoms with E-state index in [1.807, 2.05) is 33.3 Å². The van der Waals surface area contributed by atoms with Crippen molar-refractivity contribution >= 4 is 19.7 Å². The summed E-state index contributed by atoms with van der Waals surface area (Å²) in [5, 5.41) is 3.02.